The number of fused-ring (bicyclic) bond motifs is 1. The zero-order valence-corrected chi connectivity index (χ0v) is 22.7. The molecule has 0 radical (unpaired) electrons. The van der Waals surface area contributed by atoms with Crippen LogP contribution in [0, 0.1) is 11.6 Å². The Morgan fingerprint density at radius 3 is 2.46 bits per heavy atom. The van der Waals surface area contributed by atoms with Crippen LogP contribution in [0.5, 0.6) is 5.88 Å². The molecule has 0 aliphatic carbocycles. The number of nitrogens with one attached hydrogen (secondary N) is 1. The van der Waals surface area contributed by atoms with Gasteiger partial charge in [0.2, 0.25) is 11.8 Å². The van der Waals surface area contributed by atoms with Crippen LogP contribution in [0.25, 0.3) is 27.7 Å². The van der Waals surface area contributed by atoms with E-state index in [1.54, 1.807) is 30.5 Å². The smallest absolute Gasteiger partial charge is 0.267 e. The molecule has 10 nitrogen and oxygen atoms in total. The minimum atomic E-state index is -4.57. The number of aromatic nitrogens is 4. The number of nitrogens with zero attached hydrogens (tertiary/aromatic N) is 4. The average Bonchev–Trinajstić information content (AvgIpc) is 2.95. The van der Waals surface area contributed by atoms with Gasteiger partial charge in [0, 0.05) is 18.0 Å². The van der Waals surface area contributed by atoms with Crippen LogP contribution in [0.1, 0.15) is 18.9 Å². The Morgan fingerprint density at radius 1 is 1.05 bits per heavy atom. The molecule has 210 valence electrons. The number of sulfonamides is 1. The van der Waals surface area contributed by atoms with Crippen molar-refractivity contribution < 1.29 is 21.9 Å². The minimum Gasteiger partial charge on any atom is -0.480 e. The van der Waals surface area contributed by atoms with Gasteiger partial charge in [-0.2, -0.15) is 0 Å². The van der Waals surface area contributed by atoms with Gasteiger partial charge in [0.1, 0.15) is 10.6 Å². The first-order valence-electron chi connectivity index (χ1n) is 12.4. The lowest BCUT2D eigenvalue weighted by Crippen LogP contribution is -2.23. The molecule has 0 saturated carbocycles. The topological polar surface area (TPSA) is 142 Å². The number of hydrogen-bond donors (Lipinski definition) is 2. The van der Waals surface area contributed by atoms with Gasteiger partial charge in [0.15, 0.2) is 11.6 Å². The van der Waals surface area contributed by atoms with Crippen molar-refractivity contribution in [1.29, 1.82) is 0 Å². The van der Waals surface area contributed by atoms with E-state index in [0.717, 1.165) is 12.1 Å². The van der Waals surface area contributed by atoms with Gasteiger partial charge in [0.25, 0.3) is 15.6 Å². The van der Waals surface area contributed by atoms with E-state index in [-0.39, 0.29) is 22.8 Å². The normalized spacial score (nSPS) is 11.5. The molecule has 5 rings (SSSR count). The highest BCUT2D eigenvalue weighted by atomic mass is 32.2. The molecule has 0 saturated heterocycles. The summed E-state index contributed by atoms with van der Waals surface area (Å²) in [5.41, 5.74) is 6.63. The van der Waals surface area contributed by atoms with Crippen molar-refractivity contribution in [3.8, 4) is 22.7 Å². The van der Waals surface area contributed by atoms with E-state index >= 15 is 0 Å². The van der Waals surface area contributed by atoms with Crippen LogP contribution >= 0.6 is 0 Å². The summed E-state index contributed by atoms with van der Waals surface area (Å²) in [6.07, 6.45) is 5.47. The molecule has 3 N–H and O–H groups in total. The lowest BCUT2D eigenvalue weighted by molar-refractivity contribution is 0.385. The molecular formula is C28H24F2N6O4S. The standard InChI is InChI=1S/C28H24F2N6O4S/c1-3-5-16-10-21(29)25(22(30)11-16)35-41(38,39)24-13-18(14-33-26(24)40-2)17-7-8-23-20(12-17)27(37)36(28(31)34-23)19-6-4-9-32-15-19/h4,6-15,35H,3,5H2,1-2H3,(H2,31,34). The molecule has 0 aliphatic rings. The summed E-state index contributed by atoms with van der Waals surface area (Å²) in [5.74, 6) is -2.42. The lowest BCUT2D eigenvalue weighted by atomic mass is 10.1. The SMILES string of the molecule is CCCc1cc(F)c(NS(=O)(=O)c2cc(-c3ccc4nc(N)n(-c5cccnc5)c(=O)c4c3)cnc2OC)c(F)c1. The summed E-state index contributed by atoms with van der Waals surface area (Å²) < 4.78 is 64.4. The largest absolute Gasteiger partial charge is 0.480 e. The predicted molar refractivity (Wildman–Crippen MR) is 150 cm³/mol. The van der Waals surface area contributed by atoms with Crippen molar-refractivity contribution in [2.75, 3.05) is 17.6 Å². The summed E-state index contributed by atoms with van der Waals surface area (Å²) in [5, 5.41) is 0.204. The van der Waals surface area contributed by atoms with Gasteiger partial charge in [-0.1, -0.05) is 19.4 Å². The fourth-order valence-electron chi connectivity index (χ4n) is 4.40. The number of nitrogen functional groups attached to an aromatic ring is 1. The Balaban J connectivity index is 1.59. The van der Waals surface area contributed by atoms with Crippen molar-refractivity contribution >= 4 is 32.6 Å². The van der Waals surface area contributed by atoms with Gasteiger partial charge < -0.3 is 10.5 Å². The van der Waals surface area contributed by atoms with Gasteiger partial charge >= 0.3 is 0 Å². The second-order valence-electron chi connectivity index (χ2n) is 9.08. The van der Waals surface area contributed by atoms with Crippen LogP contribution in [0.2, 0.25) is 0 Å². The van der Waals surface area contributed by atoms with Gasteiger partial charge in [-0.25, -0.2) is 31.7 Å². The number of anilines is 2. The van der Waals surface area contributed by atoms with Gasteiger partial charge in [-0.3, -0.25) is 14.5 Å². The highest BCUT2D eigenvalue weighted by Gasteiger charge is 2.25. The van der Waals surface area contributed by atoms with Crippen molar-refractivity contribution in [3.63, 3.8) is 0 Å². The van der Waals surface area contributed by atoms with Crippen LogP contribution in [0.3, 0.4) is 0 Å². The summed E-state index contributed by atoms with van der Waals surface area (Å²) in [6, 6.07) is 11.4. The minimum absolute atomic E-state index is 0.0315. The summed E-state index contributed by atoms with van der Waals surface area (Å²) in [6.45, 7) is 1.86. The zero-order valence-electron chi connectivity index (χ0n) is 21.9. The number of nitrogens with two attached hydrogens (primary N) is 1. The molecule has 41 heavy (non-hydrogen) atoms. The molecule has 3 aromatic heterocycles. The Labute approximate surface area is 233 Å². The van der Waals surface area contributed by atoms with Crippen molar-refractivity contribution in [2.45, 2.75) is 24.7 Å². The third kappa shape index (κ3) is 5.31. The summed E-state index contributed by atoms with van der Waals surface area (Å²) in [4.78, 5) is 25.4. The number of aryl methyl sites for hydroxylation is 1. The van der Waals surface area contributed by atoms with Crippen LogP contribution in [-0.2, 0) is 16.4 Å². The van der Waals surface area contributed by atoms with E-state index in [4.69, 9.17) is 10.5 Å². The zero-order chi connectivity index (χ0) is 29.3. The quantitative estimate of drug-likeness (QED) is 0.275. The molecule has 0 fully saturated rings. The maximum absolute atomic E-state index is 14.7. The molecule has 0 unspecified atom stereocenters. The first-order valence-corrected chi connectivity index (χ1v) is 13.9. The highest BCUT2D eigenvalue weighted by molar-refractivity contribution is 7.92. The van der Waals surface area contributed by atoms with E-state index < -0.39 is 37.8 Å². The molecule has 0 aliphatic heterocycles. The van der Waals surface area contributed by atoms with Crippen molar-refractivity contribution in [3.05, 3.63) is 94.7 Å². The molecule has 3 heterocycles. The molecule has 0 bridgehead atoms. The number of hydrogen-bond acceptors (Lipinski definition) is 8. The van der Waals surface area contributed by atoms with Crippen LogP contribution in [0.4, 0.5) is 20.4 Å². The van der Waals surface area contributed by atoms with Crippen molar-refractivity contribution in [1.82, 2.24) is 19.5 Å². The van der Waals surface area contributed by atoms with Crippen LogP contribution in [-0.4, -0.2) is 35.0 Å². The highest BCUT2D eigenvalue weighted by Crippen LogP contribution is 2.32. The lowest BCUT2D eigenvalue weighted by Gasteiger charge is -2.14. The monoisotopic (exact) mass is 578 g/mol. The Hall–Kier alpha value is -4.91. The molecule has 5 aromatic rings. The van der Waals surface area contributed by atoms with E-state index in [2.05, 4.69) is 15.0 Å². The van der Waals surface area contributed by atoms with Crippen molar-refractivity contribution in [2.24, 2.45) is 0 Å². The Morgan fingerprint density at radius 2 is 1.80 bits per heavy atom. The number of rotatable bonds is 8. The summed E-state index contributed by atoms with van der Waals surface area (Å²) >= 11 is 0. The van der Waals surface area contributed by atoms with Crippen LogP contribution < -0.4 is 20.8 Å². The number of benzene rings is 2. The van der Waals surface area contributed by atoms with Gasteiger partial charge in [-0.05, 0) is 60.0 Å². The molecule has 0 spiro atoms. The fourth-order valence-corrected chi connectivity index (χ4v) is 5.62. The fraction of sp³-hybridized carbons (Fsp3) is 0.143. The summed E-state index contributed by atoms with van der Waals surface area (Å²) in [7, 11) is -3.36. The number of methoxy groups -OCH3 is 1. The van der Waals surface area contributed by atoms with E-state index in [9.17, 15) is 22.0 Å². The van der Waals surface area contributed by atoms with E-state index in [0.29, 0.717) is 35.2 Å². The maximum Gasteiger partial charge on any atom is 0.267 e. The van der Waals surface area contributed by atoms with Gasteiger partial charge in [0.05, 0.1) is 29.9 Å². The maximum atomic E-state index is 14.7. The Bertz CT molecular complexity index is 1930. The second-order valence-corrected chi connectivity index (χ2v) is 10.7. The number of ether oxygens (including phenoxy) is 1. The third-order valence-corrected chi connectivity index (χ3v) is 7.65. The van der Waals surface area contributed by atoms with E-state index in [1.807, 2.05) is 11.6 Å². The third-order valence-electron chi connectivity index (χ3n) is 6.31. The molecular weight excluding hydrogens is 554 g/mol. The second kappa shape index (κ2) is 10.9. The van der Waals surface area contributed by atoms with Gasteiger partial charge in [-0.15, -0.1) is 0 Å². The van der Waals surface area contributed by atoms with Crippen LogP contribution in [0.15, 0.2) is 76.8 Å². The first kappa shape index (κ1) is 27.6. The molecule has 13 heteroatoms. The first-order chi connectivity index (χ1) is 19.6. The van der Waals surface area contributed by atoms with E-state index in [1.165, 1.54) is 36.2 Å². The predicted octanol–water partition coefficient (Wildman–Crippen LogP) is 4.47. The number of pyridine rings is 2. The molecule has 0 amide bonds. The molecule has 2 aromatic carbocycles. The average molecular weight is 579 g/mol. The Kier molecular flexibility index (Phi) is 7.37. The number of halogens is 2. The molecule has 0 atom stereocenters.